The predicted molar refractivity (Wildman–Crippen MR) is 101 cm³/mol. The maximum absolute atomic E-state index is 12.0. The molecule has 0 atom stereocenters. The highest BCUT2D eigenvalue weighted by atomic mass is 127. The van der Waals surface area contributed by atoms with Crippen LogP contribution in [0.4, 0.5) is 5.69 Å². The number of phenols is 1. The Morgan fingerprint density at radius 2 is 1.92 bits per heavy atom. The van der Waals surface area contributed by atoms with Gasteiger partial charge in [-0.1, -0.05) is 12.1 Å². The van der Waals surface area contributed by atoms with Crippen molar-refractivity contribution >= 4 is 45.8 Å². The van der Waals surface area contributed by atoms with Gasteiger partial charge < -0.3 is 10.4 Å². The van der Waals surface area contributed by atoms with Crippen molar-refractivity contribution in [3.8, 4) is 5.75 Å². The number of anilines is 1. The number of carbonyl (C=O) groups is 2. The summed E-state index contributed by atoms with van der Waals surface area (Å²) >= 11 is 2.17. The Hall–Kier alpha value is -2.42. The van der Waals surface area contributed by atoms with Crippen molar-refractivity contribution in [1.82, 2.24) is 5.43 Å². The molecule has 0 saturated carbocycles. The fourth-order valence-electron chi connectivity index (χ4n) is 1.90. The van der Waals surface area contributed by atoms with Crippen LogP contribution in [-0.4, -0.2) is 22.6 Å². The van der Waals surface area contributed by atoms with E-state index in [-0.39, 0.29) is 23.6 Å². The van der Waals surface area contributed by atoms with Crippen LogP contribution < -0.4 is 10.7 Å². The zero-order chi connectivity index (χ0) is 17.5. The molecule has 0 heterocycles. The number of nitrogens with one attached hydrogen (secondary N) is 2. The molecule has 2 rings (SSSR count). The second kappa shape index (κ2) is 8.44. The summed E-state index contributed by atoms with van der Waals surface area (Å²) in [7, 11) is 0. The third-order valence-corrected chi connectivity index (χ3v) is 3.65. The minimum Gasteiger partial charge on any atom is -0.508 e. The summed E-state index contributed by atoms with van der Waals surface area (Å²) in [4.78, 5) is 23.8. The summed E-state index contributed by atoms with van der Waals surface area (Å²) in [5.74, 6) is -0.673. The van der Waals surface area contributed by atoms with E-state index < -0.39 is 5.91 Å². The number of phenolic OH excluding ortho intramolecular Hbond substituents is 1. The van der Waals surface area contributed by atoms with Crippen molar-refractivity contribution in [2.24, 2.45) is 5.10 Å². The summed E-state index contributed by atoms with van der Waals surface area (Å²) in [6, 6.07) is 13.4. The van der Waals surface area contributed by atoms with E-state index in [1.165, 1.54) is 12.1 Å². The van der Waals surface area contributed by atoms with Crippen molar-refractivity contribution in [3.63, 3.8) is 0 Å². The van der Waals surface area contributed by atoms with E-state index in [2.05, 4.69) is 38.4 Å². The van der Waals surface area contributed by atoms with Crippen molar-refractivity contribution in [1.29, 1.82) is 0 Å². The standard InChI is InChI=1S/C17H16IN3O3/c1-11(8-16(23)19-14-6-3-5-13(18)10-14)20-21-17(24)12-4-2-7-15(22)9-12/h2-7,9-10,22H,8H2,1H3,(H,19,23)(H,21,24)/b20-11+. The number of carbonyl (C=O) groups excluding carboxylic acids is 2. The zero-order valence-electron chi connectivity index (χ0n) is 12.9. The van der Waals surface area contributed by atoms with Gasteiger partial charge in [-0.2, -0.15) is 5.10 Å². The number of amides is 2. The van der Waals surface area contributed by atoms with Crippen LogP contribution in [0.2, 0.25) is 0 Å². The van der Waals surface area contributed by atoms with Crippen LogP contribution >= 0.6 is 22.6 Å². The lowest BCUT2D eigenvalue weighted by Gasteiger charge is -2.06. The topological polar surface area (TPSA) is 90.8 Å². The average molecular weight is 437 g/mol. The van der Waals surface area contributed by atoms with E-state index in [0.29, 0.717) is 11.4 Å². The number of hydrogen-bond donors (Lipinski definition) is 3. The highest BCUT2D eigenvalue weighted by Crippen LogP contribution is 2.13. The summed E-state index contributed by atoms with van der Waals surface area (Å²) in [5.41, 5.74) is 3.82. The molecular formula is C17H16IN3O3. The Kier molecular flexibility index (Phi) is 6.30. The molecule has 6 nitrogen and oxygen atoms in total. The van der Waals surface area contributed by atoms with E-state index in [1.807, 2.05) is 18.2 Å². The van der Waals surface area contributed by atoms with E-state index >= 15 is 0 Å². The molecule has 0 spiro atoms. The fraction of sp³-hybridized carbons (Fsp3) is 0.118. The van der Waals surface area contributed by atoms with Crippen LogP contribution in [0.25, 0.3) is 0 Å². The van der Waals surface area contributed by atoms with Gasteiger partial charge in [0.1, 0.15) is 5.75 Å². The molecule has 2 amide bonds. The molecule has 0 aliphatic rings. The third-order valence-electron chi connectivity index (χ3n) is 2.98. The van der Waals surface area contributed by atoms with E-state index in [0.717, 1.165) is 3.57 Å². The van der Waals surface area contributed by atoms with Gasteiger partial charge in [0.2, 0.25) is 5.91 Å². The molecule has 3 N–H and O–H groups in total. The SMILES string of the molecule is C/C(CC(=O)Nc1cccc(I)c1)=N\NC(=O)c1cccc(O)c1. The zero-order valence-corrected chi connectivity index (χ0v) is 15.1. The first kappa shape index (κ1) is 17.9. The van der Waals surface area contributed by atoms with Gasteiger partial charge in [-0.25, -0.2) is 5.43 Å². The number of benzene rings is 2. The molecule has 0 aliphatic carbocycles. The third kappa shape index (κ3) is 5.65. The molecule has 2 aromatic carbocycles. The molecule has 0 aliphatic heterocycles. The Morgan fingerprint density at radius 1 is 1.17 bits per heavy atom. The molecule has 0 bridgehead atoms. The molecule has 0 aromatic heterocycles. The number of hydrazone groups is 1. The lowest BCUT2D eigenvalue weighted by atomic mass is 10.2. The van der Waals surface area contributed by atoms with Crippen molar-refractivity contribution in [3.05, 3.63) is 57.7 Å². The van der Waals surface area contributed by atoms with Crippen LogP contribution in [0, 0.1) is 3.57 Å². The Labute approximate surface area is 153 Å². The van der Waals surface area contributed by atoms with Gasteiger partial charge in [0.05, 0.1) is 6.42 Å². The van der Waals surface area contributed by atoms with Gasteiger partial charge in [0.25, 0.3) is 5.91 Å². The second-order valence-corrected chi connectivity index (χ2v) is 6.32. The molecule has 0 unspecified atom stereocenters. The minimum atomic E-state index is -0.455. The number of hydrogen-bond acceptors (Lipinski definition) is 4. The molecule has 7 heteroatoms. The lowest BCUT2D eigenvalue weighted by Crippen LogP contribution is -2.21. The van der Waals surface area contributed by atoms with Crippen LogP contribution in [0.3, 0.4) is 0 Å². The van der Waals surface area contributed by atoms with Crippen molar-refractivity contribution in [2.75, 3.05) is 5.32 Å². The molecule has 2 aromatic rings. The normalized spacial score (nSPS) is 11.0. The van der Waals surface area contributed by atoms with Crippen molar-refractivity contribution in [2.45, 2.75) is 13.3 Å². The molecule has 0 fully saturated rings. The fourth-order valence-corrected chi connectivity index (χ4v) is 2.44. The highest BCUT2D eigenvalue weighted by molar-refractivity contribution is 14.1. The summed E-state index contributed by atoms with van der Waals surface area (Å²) in [5, 5.41) is 16.0. The van der Waals surface area contributed by atoms with Gasteiger partial charge in [-0.15, -0.1) is 0 Å². The number of aromatic hydroxyl groups is 1. The Morgan fingerprint density at radius 3 is 2.62 bits per heavy atom. The molecule has 0 radical (unpaired) electrons. The van der Waals surface area contributed by atoms with Gasteiger partial charge in [-0.05, 0) is 65.9 Å². The highest BCUT2D eigenvalue weighted by Gasteiger charge is 2.07. The van der Waals surface area contributed by atoms with Crippen molar-refractivity contribution < 1.29 is 14.7 Å². The first-order chi connectivity index (χ1) is 11.4. The number of nitrogens with zero attached hydrogens (tertiary/aromatic N) is 1. The Balaban J connectivity index is 1.89. The Bertz CT molecular complexity index is 790. The van der Waals surface area contributed by atoms with Crippen LogP contribution in [-0.2, 0) is 4.79 Å². The van der Waals surface area contributed by atoms with Crippen LogP contribution in [0.5, 0.6) is 5.75 Å². The van der Waals surface area contributed by atoms with E-state index in [1.54, 1.807) is 25.1 Å². The maximum atomic E-state index is 12.0. The predicted octanol–water partition coefficient (Wildman–Crippen LogP) is 3.13. The van der Waals surface area contributed by atoms with Crippen LogP contribution in [0.1, 0.15) is 23.7 Å². The van der Waals surface area contributed by atoms with Gasteiger partial charge in [-0.3, -0.25) is 9.59 Å². The minimum absolute atomic E-state index is 0.000206. The molecule has 0 saturated heterocycles. The van der Waals surface area contributed by atoms with Gasteiger partial charge in [0, 0.05) is 20.5 Å². The lowest BCUT2D eigenvalue weighted by molar-refractivity contribution is -0.115. The quantitative estimate of drug-likeness (QED) is 0.382. The van der Waals surface area contributed by atoms with Gasteiger partial charge in [0.15, 0.2) is 0 Å². The smallest absolute Gasteiger partial charge is 0.271 e. The monoisotopic (exact) mass is 437 g/mol. The van der Waals surface area contributed by atoms with Gasteiger partial charge >= 0.3 is 0 Å². The summed E-state index contributed by atoms with van der Waals surface area (Å²) in [6.07, 6.45) is 0.0613. The first-order valence-electron chi connectivity index (χ1n) is 7.12. The summed E-state index contributed by atoms with van der Waals surface area (Å²) < 4.78 is 1.02. The maximum Gasteiger partial charge on any atom is 0.271 e. The van der Waals surface area contributed by atoms with E-state index in [9.17, 15) is 14.7 Å². The second-order valence-electron chi connectivity index (χ2n) is 5.07. The van der Waals surface area contributed by atoms with Crippen LogP contribution in [0.15, 0.2) is 53.6 Å². The number of halogens is 1. The average Bonchev–Trinajstić information content (AvgIpc) is 2.52. The summed E-state index contributed by atoms with van der Waals surface area (Å²) in [6.45, 7) is 1.65. The molecule has 24 heavy (non-hydrogen) atoms. The largest absolute Gasteiger partial charge is 0.508 e. The first-order valence-corrected chi connectivity index (χ1v) is 8.20. The number of rotatable bonds is 5. The van der Waals surface area contributed by atoms with E-state index in [4.69, 9.17) is 0 Å². The molecular weight excluding hydrogens is 421 g/mol. The molecule has 124 valence electrons.